The van der Waals surface area contributed by atoms with Crippen LogP contribution >= 0.6 is 0 Å². The van der Waals surface area contributed by atoms with Crippen LogP contribution in [0.5, 0.6) is 28.7 Å². The number of aromatic hydroxyl groups is 1. The van der Waals surface area contributed by atoms with Crippen molar-refractivity contribution in [2.75, 3.05) is 27.6 Å². The maximum absolute atomic E-state index is 13.3. The predicted octanol–water partition coefficient (Wildman–Crippen LogP) is 5.72. The maximum Gasteiger partial charge on any atom is 0.416 e. The molecule has 14 heteroatoms. The van der Waals surface area contributed by atoms with Gasteiger partial charge in [0.25, 0.3) is 0 Å². The molecular weight excluding hydrogens is 683 g/mol. The molecule has 52 heavy (non-hydrogen) atoms. The molecule has 2 bridgehead atoms. The molecule has 4 aliphatic rings. The highest BCUT2D eigenvalue weighted by Gasteiger charge is 2.57. The summed E-state index contributed by atoms with van der Waals surface area (Å²) in [6.45, 7) is 4.47. The van der Waals surface area contributed by atoms with Gasteiger partial charge >= 0.3 is 18.1 Å². The van der Waals surface area contributed by atoms with Gasteiger partial charge in [-0.3, -0.25) is 14.6 Å². The Morgan fingerprint density at radius 2 is 1.85 bits per heavy atom. The molecule has 11 nitrogen and oxygen atoms in total. The van der Waals surface area contributed by atoms with E-state index in [0.29, 0.717) is 45.9 Å². The molecule has 5 atom stereocenters. The Morgan fingerprint density at radius 3 is 2.54 bits per heavy atom. The van der Waals surface area contributed by atoms with Crippen LogP contribution in [0.25, 0.3) is 6.08 Å². The van der Waals surface area contributed by atoms with Crippen molar-refractivity contribution in [2.45, 2.75) is 70.0 Å². The average molecular weight is 720 g/mol. The SMILES string of the molecule is COc1c(C)cc2c(c1O)[C@H]1C3Cc4c(OC(C)=O)c(C)c5c(c4[C@H](COC(=O)/C=C/c4cccc(C(F)(F)F)c4)N3[C@@H](C#N)[C@H](C2)N1C)OCO5. The van der Waals surface area contributed by atoms with Crippen LogP contribution in [-0.4, -0.2) is 72.5 Å². The van der Waals surface area contributed by atoms with Gasteiger partial charge in [-0.2, -0.15) is 18.4 Å². The number of benzene rings is 3. The second-order valence-corrected chi connectivity index (χ2v) is 13.4. The number of phenolic OH excluding ortho intramolecular Hbond substituents is 1. The summed E-state index contributed by atoms with van der Waals surface area (Å²) in [5.41, 5.74) is 3.28. The van der Waals surface area contributed by atoms with Crippen LogP contribution in [0.2, 0.25) is 0 Å². The number of fused-ring (bicyclic) bond motifs is 9. The van der Waals surface area contributed by atoms with Gasteiger partial charge in [-0.15, -0.1) is 0 Å². The first-order valence-corrected chi connectivity index (χ1v) is 16.7. The first kappa shape index (κ1) is 35.2. The van der Waals surface area contributed by atoms with E-state index in [9.17, 15) is 33.1 Å². The van der Waals surface area contributed by atoms with Crippen molar-refractivity contribution >= 4 is 18.0 Å². The van der Waals surface area contributed by atoms with Crippen molar-refractivity contribution < 1.29 is 51.6 Å². The van der Waals surface area contributed by atoms with Crippen LogP contribution < -0.4 is 18.9 Å². The fraction of sp³-hybridized carbons (Fsp3) is 0.395. The van der Waals surface area contributed by atoms with Gasteiger partial charge in [-0.05, 0) is 68.6 Å². The average Bonchev–Trinajstić information content (AvgIpc) is 3.58. The number of aryl methyl sites for hydroxylation is 1. The van der Waals surface area contributed by atoms with Crippen molar-refractivity contribution in [3.8, 4) is 34.8 Å². The number of likely N-dealkylation sites (N-methyl/N-ethyl adjacent to an activating group) is 1. The summed E-state index contributed by atoms with van der Waals surface area (Å²) in [7, 11) is 3.40. The molecule has 0 aromatic heterocycles. The Kier molecular flexibility index (Phi) is 8.83. The summed E-state index contributed by atoms with van der Waals surface area (Å²) in [5.74, 6) is -0.0392. The number of phenols is 1. The zero-order chi connectivity index (χ0) is 37.2. The summed E-state index contributed by atoms with van der Waals surface area (Å²) in [5, 5.41) is 22.5. The number of nitrogens with zero attached hydrogens (tertiary/aromatic N) is 3. The van der Waals surface area contributed by atoms with Crippen LogP contribution in [0.15, 0.2) is 36.4 Å². The molecule has 7 rings (SSSR count). The van der Waals surface area contributed by atoms with Crippen LogP contribution in [0.1, 0.15) is 63.5 Å². The smallest absolute Gasteiger partial charge is 0.416 e. The Hall–Kier alpha value is -5.26. The minimum absolute atomic E-state index is 0.00117. The number of carbonyl (C=O) groups is 2. The maximum atomic E-state index is 13.3. The van der Waals surface area contributed by atoms with E-state index in [1.165, 1.54) is 32.2 Å². The number of halogens is 3. The van der Waals surface area contributed by atoms with Crippen molar-refractivity contribution in [1.82, 2.24) is 9.80 Å². The second-order valence-electron chi connectivity index (χ2n) is 13.4. The lowest BCUT2D eigenvalue weighted by molar-refractivity contribution is -0.143. The zero-order valence-electron chi connectivity index (χ0n) is 29.0. The van der Waals surface area contributed by atoms with Crippen molar-refractivity contribution in [2.24, 2.45) is 0 Å². The van der Waals surface area contributed by atoms with E-state index in [1.807, 2.05) is 24.9 Å². The summed E-state index contributed by atoms with van der Waals surface area (Å²) >= 11 is 0. The molecule has 1 N–H and O–H groups in total. The van der Waals surface area contributed by atoms with Gasteiger partial charge in [0.15, 0.2) is 23.0 Å². The first-order chi connectivity index (χ1) is 24.7. The third kappa shape index (κ3) is 5.68. The molecule has 4 aliphatic heterocycles. The summed E-state index contributed by atoms with van der Waals surface area (Å²) < 4.78 is 69.0. The summed E-state index contributed by atoms with van der Waals surface area (Å²) in [4.78, 5) is 29.8. The molecule has 0 radical (unpaired) electrons. The molecule has 3 aromatic carbocycles. The van der Waals surface area contributed by atoms with Gasteiger partial charge in [0.1, 0.15) is 18.4 Å². The van der Waals surface area contributed by atoms with Crippen LogP contribution in [0.4, 0.5) is 13.2 Å². The number of piperazine rings is 1. The second kappa shape index (κ2) is 13.1. The largest absolute Gasteiger partial charge is 0.504 e. The van der Waals surface area contributed by atoms with Gasteiger partial charge in [-0.1, -0.05) is 18.2 Å². The Morgan fingerprint density at radius 1 is 1.10 bits per heavy atom. The van der Waals surface area contributed by atoms with Gasteiger partial charge < -0.3 is 28.8 Å². The minimum Gasteiger partial charge on any atom is -0.504 e. The summed E-state index contributed by atoms with van der Waals surface area (Å²) in [6, 6.07) is 6.13. The van der Waals surface area contributed by atoms with Gasteiger partial charge in [0.2, 0.25) is 6.79 Å². The standard InChI is InChI=1S/C38H36F3N3O8/c1-18-11-22-13-25-27(15-42)44-26(32(43(25)4)30(22)33(47)34(18)48-5)14-24-31(37-36(50-17-51-37)19(2)35(24)52-20(3)45)28(44)16-49-29(46)10-9-21-7-6-8-23(12-21)38(39,40)41/h6-12,25-28,32,47H,13-14,16-17H2,1-5H3/b10-9+/t25-,26?,27-,28-,32+/m0/s1. The Bertz CT molecular complexity index is 2060. The lowest BCUT2D eigenvalue weighted by Gasteiger charge is -2.59. The molecule has 272 valence electrons. The van der Waals surface area contributed by atoms with Gasteiger partial charge in [0.05, 0.1) is 30.8 Å². The van der Waals surface area contributed by atoms with E-state index in [0.717, 1.165) is 29.3 Å². The third-order valence-corrected chi connectivity index (χ3v) is 10.5. The minimum atomic E-state index is -4.55. The molecule has 0 saturated carbocycles. The Balaban J connectivity index is 1.35. The number of hydrogen-bond acceptors (Lipinski definition) is 11. The molecule has 4 heterocycles. The molecule has 0 amide bonds. The number of nitriles is 1. The fourth-order valence-corrected chi connectivity index (χ4v) is 8.47. The van der Waals surface area contributed by atoms with Gasteiger partial charge in [0, 0.05) is 47.3 Å². The lowest BCUT2D eigenvalue weighted by Crippen LogP contribution is -2.68. The fourth-order valence-electron chi connectivity index (χ4n) is 8.47. The van der Waals surface area contributed by atoms with E-state index >= 15 is 0 Å². The number of alkyl halides is 3. The van der Waals surface area contributed by atoms with Gasteiger partial charge in [-0.25, -0.2) is 4.79 Å². The van der Waals surface area contributed by atoms with Crippen molar-refractivity contribution in [1.29, 1.82) is 5.26 Å². The molecule has 0 aliphatic carbocycles. The molecule has 0 spiro atoms. The van der Waals surface area contributed by atoms with Crippen molar-refractivity contribution in [3.05, 3.63) is 80.9 Å². The molecular formula is C38H36F3N3O8. The monoisotopic (exact) mass is 719 g/mol. The molecule has 1 fully saturated rings. The third-order valence-electron chi connectivity index (χ3n) is 10.5. The number of rotatable bonds is 6. The number of methoxy groups -OCH3 is 1. The number of carbonyl (C=O) groups excluding carboxylic acids is 2. The highest BCUT2D eigenvalue weighted by molar-refractivity contribution is 5.87. The van der Waals surface area contributed by atoms with E-state index < -0.39 is 47.8 Å². The highest BCUT2D eigenvalue weighted by Crippen LogP contribution is 2.58. The molecule has 1 unspecified atom stereocenters. The van der Waals surface area contributed by atoms with Crippen LogP contribution in [0.3, 0.4) is 0 Å². The number of ether oxygens (including phenoxy) is 5. The lowest BCUT2D eigenvalue weighted by atomic mass is 9.71. The molecule has 1 saturated heterocycles. The topological polar surface area (TPSA) is 131 Å². The van der Waals surface area contributed by atoms with Crippen LogP contribution in [-0.2, 0) is 33.3 Å². The zero-order valence-corrected chi connectivity index (χ0v) is 29.0. The molecule has 3 aromatic rings. The number of esters is 2. The van der Waals surface area contributed by atoms with E-state index in [1.54, 1.807) is 6.92 Å². The summed E-state index contributed by atoms with van der Waals surface area (Å²) in [6.07, 6.45) is -1.58. The van der Waals surface area contributed by atoms with Crippen LogP contribution in [0, 0.1) is 25.2 Å². The predicted molar refractivity (Wildman–Crippen MR) is 179 cm³/mol. The van der Waals surface area contributed by atoms with E-state index in [4.69, 9.17) is 23.7 Å². The first-order valence-electron chi connectivity index (χ1n) is 16.7. The highest BCUT2D eigenvalue weighted by atomic mass is 19.4. The van der Waals surface area contributed by atoms with E-state index in [-0.39, 0.29) is 42.9 Å². The normalized spacial score (nSPS) is 23.3. The number of hydrogen-bond donors (Lipinski definition) is 1. The van der Waals surface area contributed by atoms with Crippen molar-refractivity contribution in [3.63, 3.8) is 0 Å². The quantitative estimate of drug-likeness (QED) is 0.191. The Labute approximate surface area is 297 Å². The van der Waals surface area contributed by atoms with E-state index in [2.05, 4.69) is 11.0 Å².